The van der Waals surface area contributed by atoms with Crippen LogP contribution in [0.1, 0.15) is 38.2 Å². The molecule has 0 aliphatic heterocycles. The van der Waals surface area contributed by atoms with Crippen LogP contribution in [0.3, 0.4) is 0 Å². The molecule has 0 unspecified atom stereocenters. The molecule has 0 heterocycles. The number of nitrogens with one attached hydrogen (secondary N) is 1. The molecule has 3 N–H and O–H groups in total. The Balaban J connectivity index is 1.87. The summed E-state index contributed by atoms with van der Waals surface area (Å²) in [7, 11) is 0. The number of primary amides is 1. The van der Waals surface area contributed by atoms with Crippen LogP contribution in [0.4, 0.5) is 0 Å². The van der Waals surface area contributed by atoms with E-state index in [9.17, 15) is 4.79 Å². The second kappa shape index (κ2) is 5.02. The summed E-state index contributed by atoms with van der Waals surface area (Å²) in [5.74, 6) is 0.300. The first kappa shape index (κ1) is 13.6. The molecular formula is C14H19BrN2O. The van der Waals surface area contributed by atoms with Crippen molar-refractivity contribution in [2.45, 2.75) is 44.2 Å². The van der Waals surface area contributed by atoms with E-state index in [-0.39, 0.29) is 5.91 Å². The number of nitrogens with two attached hydrogens (primary N) is 1. The molecular weight excluding hydrogens is 292 g/mol. The molecule has 1 fully saturated rings. The maximum atomic E-state index is 11.2. The zero-order chi connectivity index (χ0) is 13.3. The Morgan fingerprint density at radius 1 is 1.33 bits per heavy atom. The number of carbonyl (C=O) groups is 1. The molecule has 1 aliphatic carbocycles. The lowest BCUT2D eigenvalue weighted by Gasteiger charge is -2.40. The van der Waals surface area contributed by atoms with Crippen LogP contribution in [0.5, 0.6) is 0 Å². The summed E-state index contributed by atoms with van der Waals surface area (Å²) in [5, 5.41) is 3.32. The Bertz CT molecular complexity index is 436. The SMILES string of the molecule is CC(C)(NC1CC(c2ccc(Br)cc2)C1)C(N)=O. The van der Waals surface area contributed by atoms with E-state index in [4.69, 9.17) is 5.73 Å². The Morgan fingerprint density at radius 2 is 1.89 bits per heavy atom. The molecule has 1 saturated carbocycles. The van der Waals surface area contributed by atoms with Gasteiger partial charge < -0.3 is 11.1 Å². The molecule has 0 spiro atoms. The van der Waals surface area contributed by atoms with E-state index in [2.05, 4.69) is 45.5 Å². The molecule has 1 aromatic rings. The maximum absolute atomic E-state index is 11.2. The highest BCUT2D eigenvalue weighted by atomic mass is 79.9. The highest BCUT2D eigenvalue weighted by molar-refractivity contribution is 9.10. The van der Waals surface area contributed by atoms with Gasteiger partial charge in [0.25, 0.3) is 0 Å². The Hall–Kier alpha value is -0.870. The van der Waals surface area contributed by atoms with Crippen molar-refractivity contribution in [3.63, 3.8) is 0 Å². The van der Waals surface area contributed by atoms with Crippen molar-refractivity contribution in [2.24, 2.45) is 5.73 Å². The maximum Gasteiger partial charge on any atom is 0.237 e. The zero-order valence-corrected chi connectivity index (χ0v) is 12.3. The topological polar surface area (TPSA) is 55.1 Å². The first-order chi connectivity index (χ1) is 8.38. The van der Waals surface area contributed by atoms with Gasteiger partial charge in [-0.05, 0) is 50.3 Å². The Labute approximate surface area is 116 Å². The average molecular weight is 311 g/mol. The third kappa shape index (κ3) is 2.93. The monoisotopic (exact) mass is 310 g/mol. The molecule has 4 heteroatoms. The molecule has 0 bridgehead atoms. The van der Waals surface area contributed by atoms with E-state index in [0.717, 1.165) is 17.3 Å². The van der Waals surface area contributed by atoms with Crippen LogP contribution < -0.4 is 11.1 Å². The minimum Gasteiger partial charge on any atom is -0.368 e. The molecule has 3 nitrogen and oxygen atoms in total. The summed E-state index contributed by atoms with van der Waals surface area (Å²) < 4.78 is 1.11. The highest BCUT2D eigenvalue weighted by Gasteiger charge is 2.35. The molecule has 0 radical (unpaired) electrons. The van der Waals surface area contributed by atoms with Crippen molar-refractivity contribution in [3.05, 3.63) is 34.3 Å². The number of amides is 1. The first-order valence-electron chi connectivity index (χ1n) is 6.21. The summed E-state index contributed by atoms with van der Waals surface area (Å²) in [4.78, 5) is 11.2. The number of hydrogen-bond donors (Lipinski definition) is 2. The predicted octanol–water partition coefficient (Wildman–Crippen LogP) is 2.55. The van der Waals surface area contributed by atoms with Gasteiger partial charge in [0.1, 0.15) is 0 Å². The molecule has 2 rings (SSSR count). The van der Waals surface area contributed by atoms with Crippen LogP contribution in [-0.2, 0) is 4.79 Å². The Kier molecular flexibility index (Phi) is 3.78. The van der Waals surface area contributed by atoms with Gasteiger partial charge in [0.05, 0.1) is 5.54 Å². The van der Waals surface area contributed by atoms with E-state index in [0.29, 0.717) is 12.0 Å². The van der Waals surface area contributed by atoms with Crippen LogP contribution in [-0.4, -0.2) is 17.5 Å². The van der Waals surface area contributed by atoms with Gasteiger partial charge in [-0.1, -0.05) is 28.1 Å². The molecule has 0 atom stereocenters. The molecule has 0 aromatic heterocycles. The average Bonchev–Trinajstić information content (AvgIpc) is 2.24. The van der Waals surface area contributed by atoms with Gasteiger partial charge >= 0.3 is 0 Å². The lowest BCUT2D eigenvalue weighted by molar-refractivity contribution is -0.123. The number of hydrogen-bond acceptors (Lipinski definition) is 2. The van der Waals surface area contributed by atoms with Crippen molar-refractivity contribution in [1.82, 2.24) is 5.32 Å². The lowest BCUT2D eigenvalue weighted by atomic mass is 9.75. The van der Waals surface area contributed by atoms with Crippen LogP contribution in [0.25, 0.3) is 0 Å². The summed E-state index contributed by atoms with van der Waals surface area (Å²) in [6, 6.07) is 8.85. The molecule has 1 aromatic carbocycles. The predicted molar refractivity (Wildman–Crippen MR) is 76.3 cm³/mol. The van der Waals surface area contributed by atoms with Crippen LogP contribution in [0.2, 0.25) is 0 Å². The summed E-state index contributed by atoms with van der Waals surface area (Å²) in [6.45, 7) is 3.67. The largest absolute Gasteiger partial charge is 0.368 e. The number of carbonyl (C=O) groups excluding carboxylic acids is 1. The number of halogens is 1. The van der Waals surface area contributed by atoms with Crippen LogP contribution in [0, 0.1) is 0 Å². The van der Waals surface area contributed by atoms with Crippen molar-refractivity contribution < 1.29 is 4.79 Å². The van der Waals surface area contributed by atoms with Crippen LogP contribution >= 0.6 is 15.9 Å². The first-order valence-corrected chi connectivity index (χ1v) is 7.01. The van der Waals surface area contributed by atoms with Crippen molar-refractivity contribution >= 4 is 21.8 Å². The van der Waals surface area contributed by atoms with E-state index < -0.39 is 5.54 Å². The fourth-order valence-electron chi connectivity index (χ4n) is 2.32. The van der Waals surface area contributed by atoms with Crippen molar-refractivity contribution in [2.75, 3.05) is 0 Å². The van der Waals surface area contributed by atoms with Gasteiger partial charge in [-0.3, -0.25) is 4.79 Å². The Morgan fingerprint density at radius 3 is 2.39 bits per heavy atom. The molecule has 18 heavy (non-hydrogen) atoms. The third-order valence-electron chi connectivity index (χ3n) is 3.66. The van der Waals surface area contributed by atoms with E-state index in [1.807, 2.05) is 13.8 Å². The van der Waals surface area contributed by atoms with Gasteiger partial charge in [-0.25, -0.2) is 0 Å². The van der Waals surface area contributed by atoms with E-state index >= 15 is 0 Å². The minimum atomic E-state index is -0.616. The fourth-order valence-corrected chi connectivity index (χ4v) is 2.59. The molecule has 1 aliphatic rings. The van der Waals surface area contributed by atoms with E-state index in [1.54, 1.807) is 0 Å². The summed E-state index contributed by atoms with van der Waals surface area (Å²) in [5.41, 5.74) is 6.11. The lowest BCUT2D eigenvalue weighted by Crippen LogP contribution is -2.57. The summed E-state index contributed by atoms with van der Waals surface area (Å²) >= 11 is 3.44. The number of rotatable bonds is 4. The molecule has 98 valence electrons. The van der Waals surface area contributed by atoms with Gasteiger partial charge in [0.2, 0.25) is 5.91 Å². The second-order valence-electron chi connectivity index (χ2n) is 5.55. The molecule has 0 saturated heterocycles. The van der Waals surface area contributed by atoms with Gasteiger partial charge in [-0.15, -0.1) is 0 Å². The number of benzene rings is 1. The fraction of sp³-hybridized carbons (Fsp3) is 0.500. The normalized spacial score (nSPS) is 23.5. The third-order valence-corrected chi connectivity index (χ3v) is 4.19. The van der Waals surface area contributed by atoms with Crippen LogP contribution in [0.15, 0.2) is 28.7 Å². The quantitative estimate of drug-likeness (QED) is 0.898. The smallest absolute Gasteiger partial charge is 0.237 e. The zero-order valence-electron chi connectivity index (χ0n) is 10.7. The van der Waals surface area contributed by atoms with Gasteiger partial charge in [-0.2, -0.15) is 0 Å². The van der Waals surface area contributed by atoms with E-state index in [1.165, 1.54) is 5.56 Å². The van der Waals surface area contributed by atoms with Crippen molar-refractivity contribution in [1.29, 1.82) is 0 Å². The van der Waals surface area contributed by atoms with Gasteiger partial charge in [0.15, 0.2) is 0 Å². The van der Waals surface area contributed by atoms with Gasteiger partial charge in [0, 0.05) is 10.5 Å². The standard InChI is InChI=1S/C14H19BrN2O/c1-14(2,13(16)18)17-12-7-10(8-12)9-3-5-11(15)6-4-9/h3-6,10,12,17H,7-8H2,1-2H3,(H2,16,18). The molecule has 1 amide bonds. The second-order valence-corrected chi connectivity index (χ2v) is 6.47. The van der Waals surface area contributed by atoms with Crippen molar-refractivity contribution in [3.8, 4) is 0 Å². The minimum absolute atomic E-state index is 0.297. The highest BCUT2D eigenvalue weighted by Crippen LogP contribution is 2.37. The summed E-state index contributed by atoms with van der Waals surface area (Å²) in [6.07, 6.45) is 2.14.